The van der Waals surface area contributed by atoms with Crippen molar-refractivity contribution < 1.29 is 14.3 Å². The molecule has 0 saturated heterocycles. The minimum Gasteiger partial charge on any atom is -0.444 e. The predicted octanol–water partition coefficient (Wildman–Crippen LogP) is 3.37. The summed E-state index contributed by atoms with van der Waals surface area (Å²) >= 11 is 5.26. The number of hydrogen-bond donors (Lipinski definition) is 3. The van der Waals surface area contributed by atoms with Crippen LogP contribution in [0.5, 0.6) is 0 Å². The Bertz CT molecular complexity index is 650. The van der Waals surface area contributed by atoms with Gasteiger partial charge in [0.1, 0.15) is 5.60 Å². The summed E-state index contributed by atoms with van der Waals surface area (Å²) in [4.78, 5) is 23.8. The zero-order valence-electron chi connectivity index (χ0n) is 16.2. The monoisotopic (exact) mass is 391 g/mol. The molecule has 1 saturated carbocycles. The van der Waals surface area contributed by atoms with Gasteiger partial charge in [-0.2, -0.15) is 0 Å². The topological polar surface area (TPSA) is 79.5 Å². The molecule has 6 nitrogen and oxygen atoms in total. The lowest BCUT2D eigenvalue weighted by Crippen LogP contribution is -2.46. The van der Waals surface area contributed by atoms with Crippen LogP contribution >= 0.6 is 12.2 Å². The second kappa shape index (κ2) is 9.69. The van der Waals surface area contributed by atoms with Crippen molar-refractivity contribution in [1.29, 1.82) is 0 Å². The van der Waals surface area contributed by atoms with Gasteiger partial charge in [0.25, 0.3) is 5.91 Å². The fourth-order valence-electron chi connectivity index (χ4n) is 3.04. The molecule has 3 N–H and O–H groups in total. The molecule has 148 valence electrons. The molecule has 0 aromatic heterocycles. The number of ether oxygens (including phenoxy) is 1. The van der Waals surface area contributed by atoms with Gasteiger partial charge < -0.3 is 15.4 Å². The van der Waals surface area contributed by atoms with E-state index in [0.29, 0.717) is 23.1 Å². The number of carbonyl (C=O) groups excluding carboxylic acids is 2. The number of nitrogens with one attached hydrogen (secondary N) is 3. The van der Waals surface area contributed by atoms with E-state index >= 15 is 0 Å². The van der Waals surface area contributed by atoms with E-state index in [1.807, 2.05) is 39.0 Å². The summed E-state index contributed by atoms with van der Waals surface area (Å²) in [5, 5.41) is 9.15. The van der Waals surface area contributed by atoms with Gasteiger partial charge in [-0.05, 0) is 76.7 Å². The van der Waals surface area contributed by atoms with Crippen LogP contribution < -0.4 is 16.0 Å². The van der Waals surface area contributed by atoms with Crippen molar-refractivity contribution in [1.82, 2.24) is 16.0 Å². The SMILES string of the molecule is CC(C)(C)OC(=O)NCC1CCC(NC(=S)NC(=O)c2ccccc2)CC1. The predicted molar refractivity (Wildman–Crippen MR) is 110 cm³/mol. The molecule has 1 aromatic rings. The zero-order valence-corrected chi connectivity index (χ0v) is 17.0. The molecule has 1 aliphatic rings. The normalized spacial score (nSPS) is 19.7. The third-order valence-corrected chi connectivity index (χ3v) is 4.60. The summed E-state index contributed by atoms with van der Waals surface area (Å²) in [5.74, 6) is 0.228. The highest BCUT2D eigenvalue weighted by Crippen LogP contribution is 2.23. The number of alkyl carbamates (subject to hydrolysis) is 1. The van der Waals surface area contributed by atoms with E-state index in [2.05, 4.69) is 16.0 Å². The van der Waals surface area contributed by atoms with Gasteiger partial charge in [-0.25, -0.2) is 4.79 Å². The van der Waals surface area contributed by atoms with E-state index in [9.17, 15) is 9.59 Å². The molecule has 7 heteroatoms. The van der Waals surface area contributed by atoms with Crippen molar-refractivity contribution in [2.24, 2.45) is 5.92 Å². The Kier molecular flexibility index (Phi) is 7.59. The first-order valence-corrected chi connectivity index (χ1v) is 9.77. The summed E-state index contributed by atoms with van der Waals surface area (Å²) in [5.41, 5.74) is 0.101. The van der Waals surface area contributed by atoms with Crippen LogP contribution in [0.2, 0.25) is 0 Å². The highest BCUT2D eigenvalue weighted by Gasteiger charge is 2.23. The Hall–Kier alpha value is -2.15. The lowest BCUT2D eigenvalue weighted by atomic mass is 9.86. The number of amides is 2. The smallest absolute Gasteiger partial charge is 0.407 e. The van der Waals surface area contributed by atoms with E-state index in [1.54, 1.807) is 12.1 Å². The molecule has 0 heterocycles. The standard InChI is InChI=1S/C20H29N3O3S/c1-20(2,3)26-19(25)21-13-14-9-11-16(12-10-14)22-18(27)23-17(24)15-7-5-4-6-8-15/h4-8,14,16H,9-13H2,1-3H3,(H,21,25)(H2,22,23,24,27). The number of carbonyl (C=O) groups is 2. The maximum absolute atomic E-state index is 12.1. The third kappa shape index (κ3) is 7.95. The van der Waals surface area contributed by atoms with Gasteiger partial charge >= 0.3 is 6.09 Å². The van der Waals surface area contributed by atoms with Gasteiger partial charge in [-0.15, -0.1) is 0 Å². The molecular weight excluding hydrogens is 362 g/mol. The first-order chi connectivity index (χ1) is 12.7. The van der Waals surface area contributed by atoms with Gasteiger partial charge in [0.05, 0.1) is 0 Å². The average Bonchev–Trinajstić information content (AvgIpc) is 2.60. The lowest BCUT2D eigenvalue weighted by Gasteiger charge is -2.30. The van der Waals surface area contributed by atoms with Crippen LogP contribution in [0.1, 0.15) is 56.8 Å². The van der Waals surface area contributed by atoms with Crippen LogP contribution in [0.4, 0.5) is 4.79 Å². The fourth-order valence-corrected chi connectivity index (χ4v) is 3.30. The summed E-state index contributed by atoms with van der Waals surface area (Å²) in [6.45, 7) is 6.17. The van der Waals surface area contributed by atoms with Crippen molar-refractivity contribution in [3.05, 3.63) is 35.9 Å². The molecule has 2 amide bonds. The number of hydrogen-bond acceptors (Lipinski definition) is 4. The van der Waals surface area contributed by atoms with Crippen LogP contribution in [-0.4, -0.2) is 35.3 Å². The summed E-state index contributed by atoms with van der Waals surface area (Å²) < 4.78 is 5.26. The second-order valence-corrected chi connectivity index (χ2v) is 8.30. The Morgan fingerprint density at radius 2 is 1.74 bits per heavy atom. The minimum absolute atomic E-state index is 0.205. The van der Waals surface area contributed by atoms with E-state index in [4.69, 9.17) is 17.0 Å². The molecule has 0 bridgehead atoms. The molecule has 0 unspecified atom stereocenters. The fraction of sp³-hybridized carbons (Fsp3) is 0.550. The highest BCUT2D eigenvalue weighted by molar-refractivity contribution is 7.80. The summed E-state index contributed by atoms with van der Waals surface area (Å²) in [7, 11) is 0. The third-order valence-electron chi connectivity index (χ3n) is 4.38. The quantitative estimate of drug-likeness (QED) is 0.686. The van der Waals surface area contributed by atoms with E-state index < -0.39 is 5.60 Å². The Morgan fingerprint density at radius 3 is 2.33 bits per heavy atom. The molecule has 1 aromatic carbocycles. The maximum atomic E-state index is 12.1. The Labute approximate surface area is 166 Å². The molecule has 0 spiro atoms. The number of rotatable bonds is 4. The van der Waals surface area contributed by atoms with Gasteiger partial charge in [0.15, 0.2) is 5.11 Å². The van der Waals surface area contributed by atoms with Gasteiger partial charge in [-0.3, -0.25) is 10.1 Å². The first kappa shape index (κ1) is 21.2. The van der Waals surface area contributed by atoms with E-state index in [1.165, 1.54) is 0 Å². The van der Waals surface area contributed by atoms with Crippen molar-refractivity contribution in [2.75, 3.05) is 6.54 Å². The average molecular weight is 392 g/mol. The van der Waals surface area contributed by atoms with Crippen molar-refractivity contribution in [3.63, 3.8) is 0 Å². The molecule has 1 aliphatic carbocycles. The lowest BCUT2D eigenvalue weighted by molar-refractivity contribution is 0.0514. The van der Waals surface area contributed by atoms with Crippen LogP contribution in [0.25, 0.3) is 0 Å². The van der Waals surface area contributed by atoms with E-state index in [-0.39, 0.29) is 18.0 Å². The number of benzene rings is 1. The molecule has 27 heavy (non-hydrogen) atoms. The Morgan fingerprint density at radius 1 is 1.11 bits per heavy atom. The Balaban J connectivity index is 1.66. The summed E-state index contributed by atoms with van der Waals surface area (Å²) in [6, 6.07) is 9.24. The van der Waals surface area contributed by atoms with Gasteiger partial charge in [-0.1, -0.05) is 18.2 Å². The summed E-state index contributed by atoms with van der Waals surface area (Å²) in [6.07, 6.45) is 3.50. The molecule has 0 radical (unpaired) electrons. The van der Waals surface area contributed by atoms with Gasteiger partial charge in [0.2, 0.25) is 0 Å². The molecule has 1 fully saturated rings. The van der Waals surface area contributed by atoms with E-state index in [0.717, 1.165) is 25.7 Å². The number of thiocarbonyl (C=S) groups is 1. The minimum atomic E-state index is -0.481. The largest absolute Gasteiger partial charge is 0.444 e. The van der Waals surface area contributed by atoms with Gasteiger partial charge in [0, 0.05) is 18.2 Å². The molecule has 2 rings (SSSR count). The van der Waals surface area contributed by atoms with Crippen molar-refractivity contribution >= 4 is 29.3 Å². The van der Waals surface area contributed by atoms with Crippen LogP contribution in [0.3, 0.4) is 0 Å². The van der Waals surface area contributed by atoms with Crippen molar-refractivity contribution in [2.45, 2.75) is 58.1 Å². The molecule has 0 aliphatic heterocycles. The van der Waals surface area contributed by atoms with Crippen LogP contribution in [0, 0.1) is 5.92 Å². The molecular formula is C20H29N3O3S. The first-order valence-electron chi connectivity index (χ1n) is 9.36. The van der Waals surface area contributed by atoms with Crippen LogP contribution in [0.15, 0.2) is 30.3 Å². The maximum Gasteiger partial charge on any atom is 0.407 e. The van der Waals surface area contributed by atoms with Crippen molar-refractivity contribution in [3.8, 4) is 0 Å². The zero-order chi connectivity index (χ0) is 19.9. The molecule has 0 atom stereocenters. The second-order valence-electron chi connectivity index (χ2n) is 7.89. The van der Waals surface area contributed by atoms with Crippen LogP contribution in [-0.2, 0) is 4.74 Å². The highest BCUT2D eigenvalue weighted by atomic mass is 32.1.